The number of nitrogens with zero attached hydrogens (tertiary/aromatic N) is 1. The molecule has 1 rings (SSSR count). The third-order valence-electron chi connectivity index (χ3n) is 4.19. The molecule has 0 spiro atoms. The molecule has 0 radical (unpaired) electrons. The van der Waals surface area contributed by atoms with Gasteiger partial charge in [0.2, 0.25) is 0 Å². The van der Waals surface area contributed by atoms with Gasteiger partial charge in [0.1, 0.15) is 0 Å². The number of hydrogen-bond acceptors (Lipinski definition) is 3. The fourth-order valence-electron chi connectivity index (χ4n) is 2.60. The van der Waals surface area contributed by atoms with E-state index < -0.39 is 0 Å². The van der Waals surface area contributed by atoms with Crippen LogP contribution in [0.3, 0.4) is 0 Å². The normalized spacial score (nSPS) is 29.8. The summed E-state index contributed by atoms with van der Waals surface area (Å²) >= 11 is 0. The standard InChI is InChI=1S/C13H28N2O/c1-5-16-7-6-15(4)13(10-14)8-12(9-13)11(2)3/h11-12H,5-10,14H2,1-4H3. The predicted molar refractivity (Wildman–Crippen MR) is 68.5 cm³/mol. The maximum absolute atomic E-state index is 5.95. The van der Waals surface area contributed by atoms with Gasteiger partial charge in [-0.1, -0.05) is 13.8 Å². The molecule has 3 nitrogen and oxygen atoms in total. The van der Waals surface area contributed by atoms with E-state index in [2.05, 4.69) is 25.8 Å². The van der Waals surface area contributed by atoms with Crippen LogP contribution in [-0.2, 0) is 4.74 Å². The summed E-state index contributed by atoms with van der Waals surface area (Å²) in [6.45, 7) is 10.1. The molecule has 1 aliphatic carbocycles. The van der Waals surface area contributed by atoms with Gasteiger partial charge in [0, 0.05) is 25.2 Å². The molecule has 0 bridgehead atoms. The van der Waals surface area contributed by atoms with Crippen molar-refractivity contribution in [1.29, 1.82) is 0 Å². The molecule has 0 atom stereocenters. The summed E-state index contributed by atoms with van der Waals surface area (Å²) in [5.74, 6) is 1.65. The van der Waals surface area contributed by atoms with Crippen LogP contribution in [0.2, 0.25) is 0 Å². The summed E-state index contributed by atoms with van der Waals surface area (Å²) in [6, 6.07) is 0. The molecule has 2 N–H and O–H groups in total. The van der Waals surface area contributed by atoms with Crippen LogP contribution in [0.1, 0.15) is 33.6 Å². The SMILES string of the molecule is CCOCCN(C)C1(CN)CC(C(C)C)C1. The molecule has 1 aliphatic rings. The van der Waals surface area contributed by atoms with Gasteiger partial charge in [0.05, 0.1) is 6.61 Å². The highest BCUT2D eigenvalue weighted by Crippen LogP contribution is 2.44. The fraction of sp³-hybridized carbons (Fsp3) is 1.00. The Morgan fingerprint density at radius 1 is 1.44 bits per heavy atom. The molecule has 1 fully saturated rings. The van der Waals surface area contributed by atoms with Crippen LogP contribution in [0.4, 0.5) is 0 Å². The first-order chi connectivity index (χ1) is 7.55. The summed E-state index contributed by atoms with van der Waals surface area (Å²) in [4.78, 5) is 2.40. The van der Waals surface area contributed by atoms with E-state index >= 15 is 0 Å². The molecule has 1 saturated carbocycles. The predicted octanol–water partition coefficient (Wildman–Crippen LogP) is 1.72. The molecular weight excluding hydrogens is 200 g/mol. The molecule has 0 heterocycles. The lowest BCUT2D eigenvalue weighted by Gasteiger charge is -2.54. The number of nitrogens with two attached hydrogens (primary N) is 1. The first kappa shape index (κ1) is 13.9. The summed E-state index contributed by atoms with van der Waals surface area (Å²) in [6.07, 6.45) is 2.51. The Kier molecular flexibility index (Phi) is 5.22. The van der Waals surface area contributed by atoms with Gasteiger partial charge in [-0.2, -0.15) is 0 Å². The van der Waals surface area contributed by atoms with Gasteiger partial charge in [-0.25, -0.2) is 0 Å². The van der Waals surface area contributed by atoms with Crippen molar-refractivity contribution < 1.29 is 4.74 Å². The van der Waals surface area contributed by atoms with E-state index in [4.69, 9.17) is 10.5 Å². The van der Waals surface area contributed by atoms with Crippen molar-refractivity contribution in [2.45, 2.75) is 39.2 Å². The minimum absolute atomic E-state index is 0.256. The van der Waals surface area contributed by atoms with Crippen molar-refractivity contribution in [2.75, 3.05) is 33.4 Å². The van der Waals surface area contributed by atoms with Crippen molar-refractivity contribution in [1.82, 2.24) is 4.90 Å². The van der Waals surface area contributed by atoms with E-state index in [0.29, 0.717) is 0 Å². The van der Waals surface area contributed by atoms with Crippen LogP contribution < -0.4 is 5.73 Å². The average Bonchev–Trinajstić information content (AvgIpc) is 2.17. The zero-order chi connectivity index (χ0) is 12.2. The first-order valence-electron chi connectivity index (χ1n) is 6.54. The molecule has 3 heteroatoms. The highest BCUT2D eigenvalue weighted by atomic mass is 16.5. The number of rotatable bonds is 7. The van der Waals surface area contributed by atoms with Gasteiger partial charge in [0.25, 0.3) is 0 Å². The van der Waals surface area contributed by atoms with E-state index in [9.17, 15) is 0 Å². The summed E-state index contributed by atoms with van der Waals surface area (Å²) in [5, 5.41) is 0. The quantitative estimate of drug-likeness (QED) is 0.674. The number of hydrogen-bond donors (Lipinski definition) is 1. The Morgan fingerprint density at radius 3 is 2.50 bits per heavy atom. The molecule has 0 aromatic heterocycles. The van der Waals surface area contributed by atoms with Gasteiger partial charge in [-0.15, -0.1) is 0 Å². The second kappa shape index (κ2) is 5.99. The van der Waals surface area contributed by atoms with Crippen LogP contribution in [0.25, 0.3) is 0 Å². The van der Waals surface area contributed by atoms with E-state index in [-0.39, 0.29) is 5.54 Å². The topological polar surface area (TPSA) is 38.5 Å². The van der Waals surface area contributed by atoms with Gasteiger partial charge < -0.3 is 10.5 Å². The maximum Gasteiger partial charge on any atom is 0.0593 e. The average molecular weight is 228 g/mol. The first-order valence-corrected chi connectivity index (χ1v) is 6.54. The number of ether oxygens (including phenoxy) is 1. The molecule has 16 heavy (non-hydrogen) atoms. The molecule has 0 aromatic rings. The monoisotopic (exact) mass is 228 g/mol. The lowest BCUT2D eigenvalue weighted by atomic mass is 9.63. The van der Waals surface area contributed by atoms with Crippen LogP contribution in [0.5, 0.6) is 0 Å². The summed E-state index contributed by atoms with van der Waals surface area (Å²) in [5.41, 5.74) is 6.21. The van der Waals surface area contributed by atoms with Gasteiger partial charge >= 0.3 is 0 Å². The highest BCUT2D eigenvalue weighted by Gasteiger charge is 2.46. The van der Waals surface area contributed by atoms with Crippen molar-refractivity contribution in [3.8, 4) is 0 Å². The lowest BCUT2D eigenvalue weighted by Crippen LogP contribution is -2.61. The zero-order valence-corrected chi connectivity index (χ0v) is 11.3. The zero-order valence-electron chi connectivity index (χ0n) is 11.3. The highest BCUT2D eigenvalue weighted by molar-refractivity contribution is 5.03. The maximum atomic E-state index is 5.95. The Labute approximate surface area is 100 Å². The minimum atomic E-state index is 0.256. The Balaban J connectivity index is 2.37. The van der Waals surface area contributed by atoms with Crippen molar-refractivity contribution >= 4 is 0 Å². The van der Waals surface area contributed by atoms with Crippen LogP contribution in [-0.4, -0.2) is 43.8 Å². The molecule has 0 aromatic carbocycles. The van der Waals surface area contributed by atoms with Crippen LogP contribution in [0.15, 0.2) is 0 Å². The van der Waals surface area contributed by atoms with Crippen LogP contribution >= 0.6 is 0 Å². The third-order valence-corrected chi connectivity index (χ3v) is 4.19. The van der Waals surface area contributed by atoms with E-state index in [1.165, 1.54) is 12.8 Å². The van der Waals surface area contributed by atoms with E-state index in [1.807, 2.05) is 6.92 Å². The molecule has 0 saturated heterocycles. The smallest absolute Gasteiger partial charge is 0.0593 e. The van der Waals surface area contributed by atoms with E-state index in [1.54, 1.807) is 0 Å². The Bertz CT molecular complexity index is 200. The molecular formula is C13H28N2O. The fourth-order valence-corrected chi connectivity index (χ4v) is 2.60. The van der Waals surface area contributed by atoms with Crippen molar-refractivity contribution in [3.63, 3.8) is 0 Å². The minimum Gasteiger partial charge on any atom is -0.380 e. The second-order valence-electron chi connectivity index (χ2n) is 5.46. The summed E-state index contributed by atoms with van der Waals surface area (Å²) < 4.78 is 5.40. The second-order valence-corrected chi connectivity index (χ2v) is 5.46. The molecule has 0 unspecified atom stereocenters. The lowest BCUT2D eigenvalue weighted by molar-refractivity contribution is -0.0318. The van der Waals surface area contributed by atoms with Crippen molar-refractivity contribution in [3.05, 3.63) is 0 Å². The van der Waals surface area contributed by atoms with Gasteiger partial charge in [-0.3, -0.25) is 4.90 Å². The van der Waals surface area contributed by atoms with Gasteiger partial charge in [0.15, 0.2) is 0 Å². The van der Waals surface area contributed by atoms with Crippen LogP contribution in [0, 0.1) is 11.8 Å². The van der Waals surface area contributed by atoms with Crippen molar-refractivity contribution in [2.24, 2.45) is 17.6 Å². The van der Waals surface area contributed by atoms with Gasteiger partial charge in [-0.05, 0) is 38.6 Å². The molecule has 0 aliphatic heterocycles. The molecule has 0 amide bonds. The Hall–Kier alpha value is -0.120. The largest absolute Gasteiger partial charge is 0.380 e. The third kappa shape index (κ3) is 2.96. The number of likely N-dealkylation sites (N-methyl/N-ethyl adjacent to an activating group) is 1. The summed E-state index contributed by atoms with van der Waals surface area (Å²) in [7, 11) is 2.18. The van der Waals surface area contributed by atoms with E-state index in [0.717, 1.165) is 38.1 Å². The molecule has 96 valence electrons. The Morgan fingerprint density at radius 2 is 2.06 bits per heavy atom.